The summed E-state index contributed by atoms with van der Waals surface area (Å²) in [6.07, 6.45) is 3.41. The summed E-state index contributed by atoms with van der Waals surface area (Å²) in [5.41, 5.74) is 7.83. The molecule has 0 atom stereocenters. The van der Waals surface area contributed by atoms with Crippen LogP contribution in [0.5, 0.6) is 0 Å². The average molecular weight is 292 g/mol. The molecule has 0 unspecified atom stereocenters. The molecule has 0 aliphatic carbocycles. The molecule has 0 bridgehead atoms. The summed E-state index contributed by atoms with van der Waals surface area (Å²) in [6, 6.07) is 8.34. The maximum atomic E-state index is 11.4. The third-order valence-electron chi connectivity index (χ3n) is 2.85. The Morgan fingerprint density at radius 3 is 2.45 bits per heavy atom. The van der Waals surface area contributed by atoms with Crippen molar-refractivity contribution < 1.29 is 8.42 Å². The predicted molar refractivity (Wildman–Crippen MR) is 78.6 cm³/mol. The van der Waals surface area contributed by atoms with E-state index >= 15 is 0 Å². The number of nitrogens with zero attached hydrogens (tertiary/aromatic N) is 2. The topological polar surface area (TPSA) is 102 Å². The highest BCUT2D eigenvalue weighted by atomic mass is 32.2. The third-order valence-corrected chi connectivity index (χ3v) is 3.74. The first-order chi connectivity index (χ1) is 9.36. The first kappa shape index (κ1) is 14.3. The van der Waals surface area contributed by atoms with E-state index < -0.39 is 10.0 Å². The van der Waals surface area contributed by atoms with Crippen LogP contribution in [0.15, 0.2) is 47.6 Å². The Balaban J connectivity index is 2.31. The number of nitrogen functional groups attached to an aromatic ring is 1. The zero-order chi connectivity index (χ0) is 14.8. The molecule has 0 saturated heterocycles. The third kappa shape index (κ3) is 3.46. The van der Waals surface area contributed by atoms with E-state index in [-0.39, 0.29) is 4.90 Å². The first-order valence-electron chi connectivity index (χ1n) is 5.89. The fourth-order valence-electron chi connectivity index (χ4n) is 1.84. The number of primary sulfonamides is 1. The molecular weight excluding hydrogens is 276 g/mol. The largest absolute Gasteiger partial charge is 0.399 e. The van der Waals surface area contributed by atoms with E-state index in [9.17, 15) is 8.42 Å². The van der Waals surface area contributed by atoms with Crippen LogP contribution in [0.2, 0.25) is 0 Å². The van der Waals surface area contributed by atoms with Crippen molar-refractivity contribution in [2.75, 3.05) is 17.7 Å². The van der Waals surface area contributed by atoms with Crippen LogP contribution in [0.4, 0.5) is 11.4 Å². The van der Waals surface area contributed by atoms with E-state index in [0.29, 0.717) is 17.9 Å². The Morgan fingerprint density at radius 1 is 1.20 bits per heavy atom. The van der Waals surface area contributed by atoms with Gasteiger partial charge in [-0.25, -0.2) is 13.6 Å². The second kappa shape index (κ2) is 5.48. The lowest BCUT2D eigenvalue weighted by molar-refractivity contribution is 0.598. The highest BCUT2D eigenvalue weighted by molar-refractivity contribution is 7.89. The number of hydrogen-bond acceptors (Lipinski definition) is 5. The lowest BCUT2D eigenvalue weighted by Gasteiger charge is -2.20. The van der Waals surface area contributed by atoms with E-state index in [4.69, 9.17) is 10.9 Å². The average Bonchev–Trinajstić information content (AvgIpc) is 2.38. The van der Waals surface area contributed by atoms with Crippen LogP contribution < -0.4 is 15.8 Å². The highest BCUT2D eigenvalue weighted by Crippen LogP contribution is 2.23. The molecule has 1 heterocycles. The Labute approximate surface area is 118 Å². The number of hydrogen-bond donors (Lipinski definition) is 2. The summed E-state index contributed by atoms with van der Waals surface area (Å²) in [5, 5.41) is 5.14. The molecule has 0 radical (unpaired) electrons. The van der Waals surface area contributed by atoms with Gasteiger partial charge in [0, 0.05) is 37.4 Å². The Bertz CT molecular complexity index is 702. The fourth-order valence-corrected chi connectivity index (χ4v) is 2.43. The van der Waals surface area contributed by atoms with Crippen LogP contribution in [-0.4, -0.2) is 20.4 Å². The summed E-state index contributed by atoms with van der Waals surface area (Å²) in [5.74, 6) is 0. The van der Waals surface area contributed by atoms with Gasteiger partial charge in [0.05, 0.1) is 4.90 Å². The Hall–Kier alpha value is -2.12. The first-order valence-corrected chi connectivity index (χ1v) is 7.44. The van der Waals surface area contributed by atoms with Gasteiger partial charge in [-0.2, -0.15) is 0 Å². The fraction of sp³-hybridized carbons (Fsp3) is 0.154. The van der Waals surface area contributed by atoms with E-state index in [0.717, 1.165) is 5.56 Å². The SMILES string of the molecule is CN(Cc1ccncc1)c1cc(N)cc(S(N)(=O)=O)c1. The van der Waals surface area contributed by atoms with Crippen molar-refractivity contribution in [3.8, 4) is 0 Å². The summed E-state index contributed by atoms with van der Waals surface area (Å²) in [6.45, 7) is 0.607. The molecule has 0 aliphatic rings. The molecular formula is C13H16N4O2S. The molecule has 2 rings (SSSR count). The minimum absolute atomic E-state index is 0.00841. The van der Waals surface area contributed by atoms with Gasteiger partial charge in [-0.1, -0.05) is 0 Å². The van der Waals surface area contributed by atoms with Crippen LogP contribution in [0, 0.1) is 0 Å². The number of sulfonamides is 1. The number of rotatable bonds is 4. The molecule has 0 fully saturated rings. The molecule has 4 N–H and O–H groups in total. The number of nitrogens with two attached hydrogens (primary N) is 2. The van der Waals surface area contributed by atoms with Crippen LogP contribution >= 0.6 is 0 Å². The number of pyridine rings is 1. The van der Waals surface area contributed by atoms with Gasteiger partial charge >= 0.3 is 0 Å². The molecule has 1 aromatic heterocycles. The number of aromatic nitrogens is 1. The minimum Gasteiger partial charge on any atom is -0.399 e. The second-order valence-corrected chi connectivity index (χ2v) is 6.08. The van der Waals surface area contributed by atoms with Crippen molar-refractivity contribution >= 4 is 21.4 Å². The molecule has 6 nitrogen and oxygen atoms in total. The molecule has 106 valence electrons. The molecule has 20 heavy (non-hydrogen) atoms. The van der Waals surface area contributed by atoms with E-state index in [1.54, 1.807) is 18.5 Å². The molecule has 0 aliphatic heterocycles. The summed E-state index contributed by atoms with van der Waals surface area (Å²) < 4.78 is 22.8. The predicted octanol–water partition coefficient (Wildman–Crippen LogP) is 0.948. The van der Waals surface area contributed by atoms with Crippen LogP contribution in [-0.2, 0) is 16.6 Å². The molecule has 0 amide bonds. The van der Waals surface area contributed by atoms with Crippen molar-refractivity contribution in [3.05, 3.63) is 48.3 Å². The molecule has 1 aromatic carbocycles. The van der Waals surface area contributed by atoms with Gasteiger partial charge in [0.1, 0.15) is 0 Å². The summed E-state index contributed by atoms with van der Waals surface area (Å²) in [4.78, 5) is 5.85. The zero-order valence-corrected chi connectivity index (χ0v) is 11.8. The maximum Gasteiger partial charge on any atom is 0.238 e. The monoisotopic (exact) mass is 292 g/mol. The zero-order valence-electron chi connectivity index (χ0n) is 11.0. The van der Waals surface area contributed by atoms with E-state index in [1.807, 2.05) is 24.1 Å². The smallest absolute Gasteiger partial charge is 0.238 e. The Morgan fingerprint density at radius 2 is 1.85 bits per heavy atom. The van der Waals surface area contributed by atoms with Gasteiger partial charge in [0.15, 0.2) is 0 Å². The van der Waals surface area contributed by atoms with Crippen molar-refractivity contribution in [1.82, 2.24) is 4.98 Å². The molecule has 0 spiro atoms. The molecule has 0 saturated carbocycles. The van der Waals surface area contributed by atoms with Crippen LogP contribution in [0.25, 0.3) is 0 Å². The van der Waals surface area contributed by atoms with Crippen LogP contribution in [0.1, 0.15) is 5.56 Å². The highest BCUT2D eigenvalue weighted by Gasteiger charge is 2.12. The van der Waals surface area contributed by atoms with Gasteiger partial charge < -0.3 is 10.6 Å². The molecule has 7 heteroatoms. The maximum absolute atomic E-state index is 11.4. The lowest BCUT2D eigenvalue weighted by Crippen LogP contribution is -2.18. The van der Waals surface area contributed by atoms with E-state index in [1.165, 1.54) is 12.1 Å². The number of anilines is 2. The Kier molecular flexibility index (Phi) is 3.91. The van der Waals surface area contributed by atoms with Crippen LogP contribution in [0.3, 0.4) is 0 Å². The van der Waals surface area contributed by atoms with Crippen molar-refractivity contribution in [2.24, 2.45) is 5.14 Å². The lowest BCUT2D eigenvalue weighted by atomic mass is 10.2. The van der Waals surface area contributed by atoms with Gasteiger partial charge in [-0.3, -0.25) is 4.98 Å². The second-order valence-electron chi connectivity index (χ2n) is 4.52. The van der Waals surface area contributed by atoms with Crippen molar-refractivity contribution in [2.45, 2.75) is 11.4 Å². The quantitative estimate of drug-likeness (QED) is 0.817. The standard InChI is InChI=1S/C13H16N4O2S/c1-17(9-10-2-4-16-5-3-10)12-6-11(14)7-13(8-12)20(15,18)19/h2-8H,9,14H2,1H3,(H2,15,18,19). The minimum atomic E-state index is -3.77. The normalized spacial score (nSPS) is 11.3. The van der Waals surface area contributed by atoms with Crippen molar-refractivity contribution in [1.29, 1.82) is 0 Å². The summed E-state index contributed by atoms with van der Waals surface area (Å²) in [7, 11) is -1.92. The van der Waals surface area contributed by atoms with E-state index in [2.05, 4.69) is 4.98 Å². The van der Waals surface area contributed by atoms with Gasteiger partial charge in [-0.05, 0) is 35.9 Å². The number of benzene rings is 1. The summed E-state index contributed by atoms with van der Waals surface area (Å²) >= 11 is 0. The molecule has 2 aromatic rings. The van der Waals surface area contributed by atoms with Crippen molar-refractivity contribution in [3.63, 3.8) is 0 Å². The van der Waals surface area contributed by atoms with Gasteiger partial charge in [0.2, 0.25) is 10.0 Å². The van der Waals surface area contributed by atoms with Gasteiger partial charge in [-0.15, -0.1) is 0 Å². The van der Waals surface area contributed by atoms with Gasteiger partial charge in [0.25, 0.3) is 0 Å².